The normalized spacial score (nSPS) is 13.3. The third-order valence-electron chi connectivity index (χ3n) is 10.4. The molecule has 7 aromatic carbocycles. The highest BCUT2D eigenvalue weighted by Crippen LogP contribution is 2.55. The maximum absolute atomic E-state index is 2.49. The zero-order valence-corrected chi connectivity index (χ0v) is 27.3. The molecule has 226 valence electrons. The van der Waals surface area contributed by atoms with Crippen molar-refractivity contribution in [2.75, 3.05) is 4.90 Å². The molecular weight excluding hydrogens is 569 g/mol. The Kier molecular flexibility index (Phi) is 6.01. The molecule has 0 amide bonds. The van der Waals surface area contributed by atoms with Crippen molar-refractivity contribution < 1.29 is 0 Å². The Labute approximate surface area is 276 Å². The van der Waals surface area contributed by atoms with Crippen LogP contribution >= 0.6 is 0 Å². The fraction of sp³-hybridized carbons (Fsp3) is 0.111. The summed E-state index contributed by atoms with van der Waals surface area (Å²) in [6.07, 6.45) is 0. The molecule has 1 aromatic heterocycles. The van der Waals surface area contributed by atoms with Gasteiger partial charge in [0.1, 0.15) is 0 Å². The van der Waals surface area contributed by atoms with Gasteiger partial charge in [-0.25, -0.2) is 0 Å². The van der Waals surface area contributed by atoms with Gasteiger partial charge in [0.2, 0.25) is 0 Å². The van der Waals surface area contributed by atoms with E-state index in [1.165, 1.54) is 82.9 Å². The van der Waals surface area contributed by atoms with Gasteiger partial charge in [0, 0.05) is 39.8 Å². The minimum Gasteiger partial charge on any atom is -0.342 e. The van der Waals surface area contributed by atoms with Gasteiger partial charge >= 0.3 is 0 Å². The average molecular weight is 605 g/mol. The van der Waals surface area contributed by atoms with Crippen LogP contribution < -0.4 is 4.90 Å². The van der Waals surface area contributed by atoms with Gasteiger partial charge < -0.3 is 9.47 Å². The Morgan fingerprint density at radius 2 is 1.19 bits per heavy atom. The van der Waals surface area contributed by atoms with Gasteiger partial charge in [-0.3, -0.25) is 0 Å². The van der Waals surface area contributed by atoms with Crippen LogP contribution in [0.15, 0.2) is 146 Å². The van der Waals surface area contributed by atoms with Gasteiger partial charge in [-0.2, -0.15) is 0 Å². The maximum Gasteiger partial charge on any atom is 0.0733 e. The molecule has 0 radical (unpaired) electrons. The molecule has 2 heteroatoms. The van der Waals surface area contributed by atoms with Crippen LogP contribution in [0, 0.1) is 6.92 Å². The minimum absolute atomic E-state index is 0.182. The molecule has 1 aliphatic rings. The summed E-state index contributed by atoms with van der Waals surface area (Å²) in [5.41, 5.74) is 15.1. The smallest absolute Gasteiger partial charge is 0.0733 e. The number of nitrogens with zero attached hydrogens (tertiary/aromatic N) is 2. The number of benzene rings is 7. The summed E-state index contributed by atoms with van der Waals surface area (Å²) in [5.74, 6) is 0. The van der Waals surface area contributed by atoms with E-state index in [1.54, 1.807) is 0 Å². The third-order valence-corrected chi connectivity index (χ3v) is 10.4. The average Bonchev–Trinajstić information content (AvgIpc) is 3.53. The fourth-order valence-corrected chi connectivity index (χ4v) is 8.06. The molecule has 0 aliphatic heterocycles. The third kappa shape index (κ3) is 4.04. The quantitative estimate of drug-likeness (QED) is 0.194. The van der Waals surface area contributed by atoms with E-state index in [4.69, 9.17) is 0 Å². The summed E-state index contributed by atoms with van der Waals surface area (Å²) in [7, 11) is 2.20. The molecule has 0 spiro atoms. The molecule has 0 unspecified atom stereocenters. The first-order valence-corrected chi connectivity index (χ1v) is 16.5. The monoisotopic (exact) mass is 604 g/mol. The van der Waals surface area contributed by atoms with Crippen LogP contribution in [0.25, 0.3) is 54.8 Å². The maximum atomic E-state index is 2.49. The molecule has 1 heterocycles. The molecule has 0 N–H and O–H groups in total. The number of aryl methyl sites for hydroxylation is 2. The summed E-state index contributed by atoms with van der Waals surface area (Å²) in [6.45, 7) is 6.94. The van der Waals surface area contributed by atoms with E-state index in [1.807, 2.05) is 0 Å². The molecule has 0 fully saturated rings. The largest absolute Gasteiger partial charge is 0.342 e. The van der Waals surface area contributed by atoms with E-state index < -0.39 is 0 Å². The number of fused-ring (bicyclic) bond motifs is 8. The summed E-state index contributed by atoms with van der Waals surface area (Å²) in [4.78, 5) is 2.49. The van der Waals surface area contributed by atoms with Gasteiger partial charge in [-0.15, -0.1) is 0 Å². The van der Waals surface area contributed by atoms with Crippen LogP contribution in [-0.4, -0.2) is 4.57 Å². The number of hydrogen-bond acceptors (Lipinski definition) is 1. The highest BCUT2D eigenvalue weighted by molar-refractivity contribution is 6.15. The first kappa shape index (κ1) is 27.7. The lowest BCUT2D eigenvalue weighted by Crippen LogP contribution is -2.17. The number of hydrogen-bond donors (Lipinski definition) is 0. The van der Waals surface area contributed by atoms with Crippen molar-refractivity contribution in [2.45, 2.75) is 26.2 Å². The molecule has 8 aromatic rings. The molecule has 0 atom stereocenters. The van der Waals surface area contributed by atoms with Crippen molar-refractivity contribution in [2.24, 2.45) is 7.05 Å². The highest BCUT2D eigenvalue weighted by atomic mass is 15.2. The number of para-hydroxylation sites is 3. The molecular formula is C45H36N2. The lowest BCUT2D eigenvalue weighted by Gasteiger charge is -2.30. The van der Waals surface area contributed by atoms with Crippen molar-refractivity contribution in [3.63, 3.8) is 0 Å². The van der Waals surface area contributed by atoms with Gasteiger partial charge in [-0.1, -0.05) is 129 Å². The van der Waals surface area contributed by atoms with E-state index in [2.05, 4.69) is 183 Å². The van der Waals surface area contributed by atoms with E-state index in [9.17, 15) is 0 Å². The lowest BCUT2D eigenvalue weighted by atomic mass is 9.81. The van der Waals surface area contributed by atoms with Crippen molar-refractivity contribution in [3.8, 4) is 22.3 Å². The minimum atomic E-state index is -0.182. The Bertz CT molecular complexity index is 2500. The van der Waals surface area contributed by atoms with Crippen LogP contribution in [0.2, 0.25) is 0 Å². The van der Waals surface area contributed by atoms with E-state index >= 15 is 0 Å². The Balaban J connectivity index is 1.33. The van der Waals surface area contributed by atoms with Gasteiger partial charge in [0.15, 0.2) is 0 Å². The van der Waals surface area contributed by atoms with Crippen LogP contribution in [-0.2, 0) is 12.5 Å². The molecule has 47 heavy (non-hydrogen) atoms. The Hall–Kier alpha value is -5.60. The predicted molar refractivity (Wildman–Crippen MR) is 200 cm³/mol. The van der Waals surface area contributed by atoms with E-state index in [0.29, 0.717) is 0 Å². The Morgan fingerprint density at radius 3 is 1.98 bits per heavy atom. The first-order valence-electron chi connectivity index (χ1n) is 16.5. The van der Waals surface area contributed by atoms with Crippen LogP contribution in [0.5, 0.6) is 0 Å². The van der Waals surface area contributed by atoms with Crippen LogP contribution in [0.4, 0.5) is 17.1 Å². The van der Waals surface area contributed by atoms with Crippen molar-refractivity contribution >= 4 is 49.6 Å². The lowest BCUT2D eigenvalue weighted by molar-refractivity contribution is 0.661. The summed E-state index contributed by atoms with van der Waals surface area (Å²) in [5, 5.41) is 5.08. The molecule has 9 rings (SSSR count). The van der Waals surface area contributed by atoms with Gasteiger partial charge in [0.05, 0.1) is 16.9 Å². The SMILES string of the molecule is Cc1ccc(-c2ccc3c(c2)C(C)(C)c2cc(N(c4ccccc4)c4cccc5c6ccccc6n(C)c45)c4ccccc4c2-3)cc1. The second-order valence-electron chi connectivity index (χ2n) is 13.5. The zero-order valence-electron chi connectivity index (χ0n) is 27.3. The summed E-state index contributed by atoms with van der Waals surface area (Å²) in [6, 6.07) is 53.8. The molecule has 2 nitrogen and oxygen atoms in total. The first-order chi connectivity index (χ1) is 22.9. The molecule has 0 bridgehead atoms. The predicted octanol–water partition coefficient (Wildman–Crippen LogP) is 12.2. The summed E-state index contributed by atoms with van der Waals surface area (Å²) >= 11 is 0. The number of rotatable bonds is 4. The fourth-order valence-electron chi connectivity index (χ4n) is 8.06. The van der Waals surface area contributed by atoms with Crippen molar-refractivity contribution in [1.29, 1.82) is 0 Å². The second kappa shape index (κ2) is 10.2. The van der Waals surface area contributed by atoms with E-state index in [-0.39, 0.29) is 5.41 Å². The van der Waals surface area contributed by atoms with Gasteiger partial charge in [0.25, 0.3) is 0 Å². The van der Waals surface area contributed by atoms with E-state index in [0.717, 1.165) is 5.69 Å². The van der Waals surface area contributed by atoms with Crippen molar-refractivity contribution in [3.05, 3.63) is 162 Å². The topological polar surface area (TPSA) is 8.17 Å². The Morgan fingerprint density at radius 1 is 0.532 bits per heavy atom. The second-order valence-corrected chi connectivity index (χ2v) is 13.5. The van der Waals surface area contributed by atoms with Crippen LogP contribution in [0.3, 0.4) is 0 Å². The summed E-state index contributed by atoms with van der Waals surface area (Å²) < 4.78 is 2.36. The standard InChI is InChI=1S/C45H36N2/c1-29-21-23-30(24-22-29)31-25-26-37-38(27-31)45(2,3)39-28-42(33-15-8-9-17-35(33)43(37)39)47(32-13-6-5-7-14-32)41-20-12-18-36-34-16-10-11-19-40(34)46(4)44(36)41/h5-28H,1-4H3. The molecule has 0 saturated carbocycles. The number of anilines is 3. The zero-order chi connectivity index (χ0) is 31.9. The highest BCUT2D eigenvalue weighted by Gasteiger charge is 2.38. The van der Waals surface area contributed by atoms with Crippen molar-refractivity contribution in [1.82, 2.24) is 4.57 Å². The van der Waals surface area contributed by atoms with Gasteiger partial charge in [-0.05, 0) is 82.1 Å². The molecule has 1 aliphatic carbocycles. The molecule has 0 saturated heterocycles. The van der Waals surface area contributed by atoms with Crippen LogP contribution in [0.1, 0.15) is 30.5 Å². The number of aromatic nitrogens is 1.